The standard InChI is InChI=1S/C22H14F3NO3/c23-22(24,25)29-18-7-4-14(5-8-18)15-6-9-20-19(12-15)21(27)16(13-28-20)11-17-3-1-2-10-26-17/h1-12H,13H2. The molecule has 1 aliphatic heterocycles. The van der Waals surface area contributed by atoms with Gasteiger partial charge in [0.1, 0.15) is 18.1 Å². The summed E-state index contributed by atoms with van der Waals surface area (Å²) >= 11 is 0. The summed E-state index contributed by atoms with van der Waals surface area (Å²) in [4.78, 5) is 17.1. The molecule has 29 heavy (non-hydrogen) atoms. The van der Waals surface area contributed by atoms with Gasteiger partial charge in [-0.05, 0) is 53.6 Å². The molecular weight excluding hydrogens is 383 g/mol. The van der Waals surface area contributed by atoms with Crippen LogP contribution in [-0.2, 0) is 0 Å². The van der Waals surface area contributed by atoms with Crippen molar-refractivity contribution < 1.29 is 27.4 Å². The molecule has 0 bridgehead atoms. The number of hydrogen-bond donors (Lipinski definition) is 0. The van der Waals surface area contributed by atoms with Gasteiger partial charge in [-0.25, -0.2) is 0 Å². The Morgan fingerprint density at radius 1 is 1.00 bits per heavy atom. The smallest absolute Gasteiger partial charge is 0.488 e. The lowest BCUT2D eigenvalue weighted by atomic mass is 9.95. The molecule has 1 aliphatic rings. The van der Waals surface area contributed by atoms with Gasteiger partial charge in [-0.3, -0.25) is 9.78 Å². The molecule has 7 heteroatoms. The van der Waals surface area contributed by atoms with Crippen molar-refractivity contribution in [1.29, 1.82) is 0 Å². The molecule has 0 saturated heterocycles. The van der Waals surface area contributed by atoms with Gasteiger partial charge >= 0.3 is 6.36 Å². The maximum atomic E-state index is 12.9. The van der Waals surface area contributed by atoms with Crippen LogP contribution >= 0.6 is 0 Å². The minimum atomic E-state index is -4.74. The Morgan fingerprint density at radius 2 is 1.76 bits per heavy atom. The number of aromatic nitrogens is 1. The fraction of sp³-hybridized carbons (Fsp3) is 0.0909. The first kappa shape index (κ1) is 18.7. The van der Waals surface area contributed by atoms with Gasteiger partial charge in [0.2, 0.25) is 0 Å². The number of nitrogens with zero attached hydrogens (tertiary/aromatic N) is 1. The van der Waals surface area contributed by atoms with E-state index in [-0.39, 0.29) is 18.1 Å². The number of hydrogen-bond acceptors (Lipinski definition) is 4. The average molecular weight is 397 g/mol. The van der Waals surface area contributed by atoms with Crippen molar-refractivity contribution in [3.05, 3.63) is 83.7 Å². The minimum Gasteiger partial charge on any atom is -0.488 e. The molecule has 0 atom stereocenters. The molecular formula is C22H14F3NO3. The van der Waals surface area contributed by atoms with Gasteiger partial charge in [0.25, 0.3) is 0 Å². The summed E-state index contributed by atoms with van der Waals surface area (Å²) in [5.41, 5.74) is 2.85. The first-order valence-electron chi connectivity index (χ1n) is 8.68. The van der Waals surface area contributed by atoms with E-state index < -0.39 is 6.36 Å². The highest BCUT2D eigenvalue weighted by Gasteiger charge is 2.31. The van der Waals surface area contributed by atoms with Crippen LogP contribution in [0.1, 0.15) is 16.1 Å². The summed E-state index contributed by atoms with van der Waals surface area (Å²) in [6, 6.07) is 16.0. The predicted molar refractivity (Wildman–Crippen MR) is 101 cm³/mol. The number of carbonyl (C=O) groups is 1. The Balaban J connectivity index is 1.62. The number of benzene rings is 2. The lowest BCUT2D eigenvalue weighted by Gasteiger charge is -2.19. The van der Waals surface area contributed by atoms with E-state index in [4.69, 9.17) is 4.74 Å². The molecule has 4 rings (SSSR count). The monoisotopic (exact) mass is 397 g/mol. The SMILES string of the molecule is O=C1C(=Cc2ccccn2)COc2ccc(-c3ccc(OC(F)(F)F)cc3)cc21. The second kappa shape index (κ2) is 7.43. The second-order valence-electron chi connectivity index (χ2n) is 6.33. The van der Waals surface area contributed by atoms with E-state index in [1.165, 1.54) is 24.3 Å². The number of rotatable bonds is 3. The summed E-state index contributed by atoms with van der Waals surface area (Å²) in [6.45, 7) is 0.144. The molecule has 0 radical (unpaired) electrons. The fourth-order valence-electron chi connectivity index (χ4n) is 3.00. The zero-order valence-electron chi connectivity index (χ0n) is 14.9. The molecule has 146 valence electrons. The zero-order chi connectivity index (χ0) is 20.4. The largest absolute Gasteiger partial charge is 0.573 e. The van der Waals surface area contributed by atoms with E-state index in [1.54, 1.807) is 42.6 Å². The van der Waals surface area contributed by atoms with Crippen LogP contribution in [-0.4, -0.2) is 23.7 Å². The molecule has 0 saturated carbocycles. The van der Waals surface area contributed by atoms with Gasteiger partial charge in [-0.2, -0.15) is 0 Å². The average Bonchev–Trinajstić information content (AvgIpc) is 2.70. The number of ether oxygens (including phenoxy) is 2. The molecule has 2 heterocycles. The van der Waals surface area contributed by atoms with Gasteiger partial charge in [-0.1, -0.05) is 24.3 Å². The Kier molecular flexibility index (Phi) is 4.80. The minimum absolute atomic E-state index is 0.144. The number of halogens is 3. The third-order valence-corrected chi connectivity index (χ3v) is 4.33. The Labute approximate surface area is 164 Å². The van der Waals surface area contributed by atoms with Crippen LogP contribution in [0.3, 0.4) is 0 Å². The topological polar surface area (TPSA) is 48.4 Å². The van der Waals surface area contributed by atoms with Gasteiger partial charge in [0.05, 0.1) is 11.3 Å². The fourth-order valence-corrected chi connectivity index (χ4v) is 3.00. The van der Waals surface area contributed by atoms with Crippen molar-refractivity contribution in [3.63, 3.8) is 0 Å². The summed E-state index contributed by atoms with van der Waals surface area (Å²) in [7, 11) is 0. The van der Waals surface area contributed by atoms with Crippen molar-refractivity contribution in [2.45, 2.75) is 6.36 Å². The van der Waals surface area contributed by atoms with Crippen LogP contribution in [0.2, 0.25) is 0 Å². The number of pyridine rings is 1. The summed E-state index contributed by atoms with van der Waals surface area (Å²) in [6.07, 6.45) is -1.42. The molecule has 0 amide bonds. The van der Waals surface area contributed by atoms with Gasteiger partial charge in [0, 0.05) is 11.8 Å². The van der Waals surface area contributed by atoms with Crippen molar-refractivity contribution >= 4 is 11.9 Å². The lowest BCUT2D eigenvalue weighted by Crippen LogP contribution is -2.19. The van der Waals surface area contributed by atoms with Gasteiger partial charge in [-0.15, -0.1) is 13.2 Å². The summed E-state index contributed by atoms with van der Waals surface area (Å²) in [5, 5.41) is 0. The highest BCUT2D eigenvalue weighted by atomic mass is 19.4. The van der Waals surface area contributed by atoms with E-state index in [0.717, 1.165) is 0 Å². The first-order chi connectivity index (χ1) is 13.9. The van der Waals surface area contributed by atoms with Crippen LogP contribution in [0.25, 0.3) is 17.2 Å². The van der Waals surface area contributed by atoms with Crippen LogP contribution in [0, 0.1) is 0 Å². The highest BCUT2D eigenvalue weighted by Crippen LogP contribution is 2.33. The number of Topliss-reactive ketones (excluding diaryl/α,β-unsaturated/α-hetero) is 1. The number of ketones is 1. The Bertz CT molecular complexity index is 1070. The zero-order valence-corrected chi connectivity index (χ0v) is 14.9. The van der Waals surface area contributed by atoms with E-state index in [9.17, 15) is 18.0 Å². The molecule has 0 unspecified atom stereocenters. The van der Waals surface area contributed by atoms with Crippen LogP contribution < -0.4 is 9.47 Å². The van der Waals surface area contributed by atoms with Crippen molar-refractivity contribution in [1.82, 2.24) is 4.98 Å². The number of carbonyl (C=O) groups excluding carboxylic acids is 1. The Hall–Kier alpha value is -3.61. The normalized spacial score (nSPS) is 15.0. The third-order valence-electron chi connectivity index (χ3n) is 4.33. The molecule has 4 nitrogen and oxygen atoms in total. The van der Waals surface area contributed by atoms with Crippen molar-refractivity contribution in [2.75, 3.05) is 6.61 Å². The summed E-state index contributed by atoms with van der Waals surface area (Å²) in [5.74, 6) is -0.0103. The van der Waals surface area contributed by atoms with Crippen LogP contribution in [0.4, 0.5) is 13.2 Å². The van der Waals surface area contributed by atoms with Crippen LogP contribution in [0.5, 0.6) is 11.5 Å². The molecule has 0 spiro atoms. The quantitative estimate of drug-likeness (QED) is 0.563. The van der Waals surface area contributed by atoms with Crippen molar-refractivity contribution in [2.24, 2.45) is 0 Å². The van der Waals surface area contributed by atoms with E-state index >= 15 is 0 Å². The molecule has 0 fully saturated rings. The number of alkyl halides is 3. The maximum Gasteiger partial charge on any atom is 0.573 e. The van der Waals surface area contributed by atoms with Gasteiger partial charge in [0.15, 0.2) is 5.78 Å². The maximum absolute atomic E-state index is 12.9. The van der Waals surface area contributed by atoms with Crippen molar-refractivity contribution in [3.8, 4) is 22.6 Å². The lowest BCUT2D eigenvalue weighted by molar-refractivity contribution is -0.274. The molecule has 0 aliphatic carbocycles. The first-order valence-corrected chi connectivity index (χ1v) is 8.68. The van der Waals surface area contributed by atoms with Crippen LogP contribution in [0.15, 0.2) is 72.4 Å². The molecule has 3 aromatic rings. The van der Waals surface area contributed by atoms with Gasteiger partial charge < -0.3 is 9.47 Å². The molecule has 1 aromatic heterocycles. The second-order valence-corrected chi connectivity index (χ2v) is 6.33. The highest BCUT2D eigenvalue weighted by molar-refractivity contribution is 6.14. The number of fused-ring (bicyclic) bond motifs is 1. The third kappa shape index (κ3) is 4.29. The predicted octanol–water partition coefficient (Wildman–Crippen LogP) is 5.31. The Morgan fingerprint density at radius 3 is 2.45 bits per heavy atom. The molecule has 0 N–H and O–H groups in total. The van der Waals surface area contributed by atoms with E-state index in [2.05, 4.69) is 9.72 Å². The van der Waals surface area contributed by atoms with E-state index in [0.29, 0.717) is 33.7 Å². The van der Waals surface area contributed by atoms with E-state index in [1.807, 2.05) is 6.07 Å². The molecule has 2 aromatic carbocycles. The summed E-state index contributed by atoms with van der Waals surface area (Å²) < 4.78 is 46.5.